The molecule has 148 valence electrons. The first-order chi connectivity index (χ1) is 12.4. The summed E-state index contributed by atoms with van der Waals surface area (Å²) in [6, 6.07) is 7.42. The van der Waals surface area contributed by atoms with E-state index >= 15 is 0 Å². The van der Waals surface area contributed by atoms with Crippen LogP contribution in [0.5, 0.6) is 0 Å². The molecule has 0 spiro atoms. The second kappa shape index (κ2) is 7.74. The fourth-order valence-corrected chi connectivity index (χ4v) is 3.34. The summed E-state index contributed by atoms with van der Waals surface area (Å²) in [5, 5.41) is 6.21. The SMILES string of the molecule is CC(CC(C)(C)C)c1ccccc1NC(=O)Cc1cn(C)nc1C(F)(F)F. The number of nitrogens with one attached hydrogen (secondary N) is 1. The van der Waals surface area contributed by atoms with Crippen molar-refractivity contribution in [3.8, 4) is 0 Å². The van der Waals surface area contributed by atoms with Gasteiger partial charge in [0.2, 0.25) is 5.91 Å². The average molecular weight is 381 g/mol. The molecule has 1 amide bonds. The van der Waals surface area contributed by atoms with Crippen molar-refractivity contribution < 1.29 is 18.0 Å². The maximum absolute atomic E-state index is 13.1. The van der Waals surface area contributed by atoms with Crippen molar-refractivity contribution in [3.63, 3.8) is 0 Å². The minimum absolute atomic E-state index is 0.119. The lowest BCUT2D eigenvalue weighted by atomic mass is 9.82. The van der Waals surface area contributed by atoms with Gasteiger partial charge in [0, 0.05) is 24.5 Å². The average Bonchev–Trinajstić information content (AvgIpc) is 2.86. The summed E-state index contributed by atoms with van der Waals surface area (Å²) in [6.45, 7) is 8.52. The highest BCUT2D eigenvalue weighted by molar-refractivity contribution is 5.93. The van der Waals surface area contributed by atoms with Gasteiger partial charge in [-0.05, 0) is 29.4 Å². The number of carbonyl (C=O) groups is 1. The number of nitrogens with zero attached hydrogens (tertiary/aromatic N) is 2. The highest BCUT2D eigenvalue weighted by atomic mass is 19.4. The molecule has 0 aliphatic rings. The molecule has 2 aromatic rings. The molecule has 0 bridgehead atoms. The van der Waals surface area contributed by atoms with E-state index in [0.29, 0.717) is 5.69 Å². The number of carbonyl (C=O) groups excluding carboxylic acids is 1. The third-order valence-electron chi connectivity index (χ3n) is 4.21. The van der Waals surface area contributed by atoms with E-state index in [2.05, 4.69) is 38.1 Å². The number of rotatable bonds is 5. The van der Waals surface area contributed by atoms with Crippen LogP contribution in [0, 0.1) is 5.41 Å². The van der Waals surface area contributed by atoms with E-state index in [0.717, 1.165) is 16.7 Å². The molecule has 0 aliphatic carbocycles. The Morgan fingerprint density at radius 3 is 2.44 bits per heavy atom. The molecule has 1 N–H and O–H groups in total. The van der Waals surface area contributed by atoms with Gasteiger partial charge in [-0.2, -0.15) is 18.3 Å². The summed E-state index contributed by atoms with van der Waals surface area (Å²) in [6.07, 6.45) is -2.82. The van der Waals surface area contributed by atoms with Gasteiger partial charge in [0.25, 0.3) is 0 Å². The second-order valence-corrected chi connectivity index (χ2v) is 8.15. The monoisotopic (exact) mass is 381 g/mol. The second-order valence-electron chi connectivity index (χ2n) is 8.15. The highest BCUT2D eigenvalue weighted by Crippen LogP contribution is 2.34. The van der Waals surface area contributed by atoms with Crippen LogP contribution < -0.4 is 5.32 Å². The lowest BCUT2D eigenvalue weighted by Crippen LogP contribution is -2.19. The Balaban J connectivity index is 2.18. The third-order valence-corrected chi connectivity index (χ3v) is 4.21. The van der Waals surface area contributed by atoms with Gasteiger partial charge < -0.3 is 5.32 Å². The first kappa shape index (κ1) is 21.0. The van der Waals surface area contributed by atoms with E-state index in [9.17, 15) is 18.0 Å². The minimum atomic E-state index is -4.59. The van der Waals surface area contributed by atoms with Crippen LogP contribution in [0.25, 0.3) is 0 Å². The van der Waals surface area contributed by atoms with E-state index in [1.165, 1.54) is 13.2 Å². The van der Waals surface area contributed by atoms with Crippen molar-refractivity contribution in [2.24, 2.45) is 12.5 Å². The standard InChI is InChI=1S/C20H26F3N3O/c1-13(11-19(2,3)4)15-8-6-7-9-16(15)24-17(27)10-14-12-26(5)25-18(14)20(21,22)23/h6-9,12-13H,10-11H2,1-5H3,(H,24,27). The van der Waals surface area contributed by atoms with Crippen LogP contribution in [0.3, 0.4) is 0 Å². The number of amides is 1. The van der Waals surface area contributed by atoms with Crippen LogP contribution in [0.1, 0.15) is 56.9 Å². The minimum Gasteiger partial charge on any atom is -0.326 e. The molecule has 27 heavy (non-hydrogen) atoms. The van der Waals surface area contributed by atoms with E-state index in [4.69, 9.17) is 0 Å². The van der Waals surface area contributed by atoms with Crippen LogP contribution in [0.4, 0.5) is 18.9 Å². The molecule has 1 heterocycles. The molecule has 7 heteroatoms. The Kier molecular flexibility index (Phi) is 6.02. The van der Waals surface area contributed by atoms with E-state index in [1.807, 2.05) is 12.1 Å². The summed E-state index contributed by atoms with van der Waals surface area (Å²) in [5.41, 5.74) is 0.574. The number of hydrogen-bond donors (Lipinski definition) is 1. The van der Waals surface area contributed by atoms with Crippen molar-refractivity contribution >= 4 is 11.6 Å². The van der Waals surface area contributed by atoms with Crippen molar-refractivity contribution in [2.75, 3.05) is 5.32 Å². The molecule has 1 aromatic carbocycles. The Hall–Kier alpha value is -2.31. The first-order valence-corrected chi connectivity index (χ1v) is 8.85. The molecule has 0 aliphatic heterocycles. The molecule has 0 radical (unpaired) electrons. The summed E-state index contributed by atoms with van der Waals surface area (Å²) in [7, 11) is 1.40. The fourth-order valence-electron chi connectivity index (χ4n) is 3.34. The molecule has 0 saturated heterocycles. The molecular formula is C20H26F3N3O. The molecule has 1 atom stereocenters. The maximum atomic E-state index is 13.1. The highest BCUT2D eigenvalue weighted by Gasteiger charge is 2.37. The fraction of sp³-hybridized carbons (Fsp3) is 0.500. The first-order valence-electron chi connectivity index (χ1n) is 8.85. The number of aryl methyl sites for hydroxylation is 1. The number of benzene rings is 1. The number of para-hydroxylation sites is 1. The van der Waals surface area contributed by atoms with Gasteiger partial charge in [-0.25, -0.2) is 0 Å². The lowest BCUT2D eigenvalue weighted by molar-refractivity contribution is -0.142. The molecule has 4 nitrogen and oxygen atoms in total. The van der Waals surface area contributed by atoms with Crippen LogP contribution >= 0.6 is 0 Å². The normalized spacial score (nSPS) is 13.5. The molecule has 1 unspecified atom stereocenters. The van der Waals surface area contributed by atoms with Crippen molar-refractivity contribution in [1.82, 2.24) is 9.78 Å². The Morgan fingerprint density at radius 1 is 1.22 bits per heavy atom. The predicted octanol–water partition coefficient (Wildman–Crippen LogP) is 5.16. The zero-order chi connectivity index (χ0) is 20.4. The Morgan fingerprint density at radius 2 is 1.85 bits per heavy atom. The van der Waals surface area contributed by atoms with Crippen molar-refractivity contribution in [2.45, 2.75) is 52.6 Å². The summed E-state index contributed by atoms with van der Waals surface area (Å²) >= 11 is 0. The van der Waals surface area contributed by atoms with Gasteiger partial charge in [0.15, 0.2) is 5.69 Å². The lowest BCUT2D eigenvalue weighted by Gasteiger charge is -2.25. The van der Waals surface area contributed by atoms with Crippen LogP contribution in [-0.4, -0.2) is 15.7 Å². The smallest absolute Gasteiger partial charge is 0.326 e. The summed E-state index contributed by atoms with van der Waals surface area (Å²) < 4.78 is 40.3. The predicted molar refractivity (Wildman–Crippen MR) is 99.5 cm³/mol. The molecule has 2 rings (SSSR count). The number of aromatic nitrogens is 2. The van der Waals surface area contributed by atoms with Crippen LogP contribution in [-0.2, 0) is 24.4 Å². The zero-order valence-electron chi connectivity index (χ0n) is 16.3. The zero-order valence-corrected chi connectivity index (χ0v) is 16.3. The number of anilines is 1. The number of halogens is 3. The quantitative estimate of drug-likeness (QED) is 0.778. The van der Waals surface area contributed by atoms with Crippen molar-refractivity contribution in [3.05, 3.63) is 47.3 Å². The molecule has 1 aromatic heterocycles. The molecule has 0 fully saturated rings. The van der Waals surface area contributed by atoms with Gasteiger partial charge >= 0.3 is 6.18 Å². The maximum Gasteiger partial charge on any atom is 0.435 e. The van der Waals surface area contributed by atoms with E-state index in [-0.39, 0.29) is 23.3 Å². The largest absolute Gasteiger partial charge is 0.435 e. The Labute approximate surface area is 157 Å². The van der Waals surface area contributed by atoms with Gasteiger partial charge in [0.1, 0.15) is 0 Å². The topological polar surface area (TPSA) is 46.9 Å². The third kappa shape index (κ3) is 5.84. The van der Waals surface area contributed by atoms with Crippen LogP contribution in [0.15, 0.2) is 30.5 Å². The number of alkyl halides is 3. The van der Waals surface area contributed by atoms with Gasteiger partial charge in [0.05, 0.1) is 6.42 Å². The molecule has 0 saturated carbocycles. The van der Waals surface area contributed by atoms with Gasteiger partial charge in [-0.3, -0.25) is 9.48 Å². The van der Waals surface area contributed by atoms with Gasteiger partial charge in [-0.1, -0.05) is 45.9 Å². The summed E-state index contributed by atoms with van der Waals surface area (Å²) in [5.74, 6) is -0.297. The van der Waals surface area contributed by atoms with E-state index < -0.39 is 17.8 Å². The van der Waals surface area contributed by atoms with Gasteiger partial charge in [-0.15, -0.1) is 0 Å². The van der Waals surface area contributed by atoms with Crippen LogP contribution in [0.2, 0.25) is 0 Å². The molecular weight excluding hydrogens is 355 g/mol. The summed E-state index contributed by atoms with van der Waals surface area (Å²) in [4.78, 5) is 12.4. The number of hydrogen-bond acceptors (Lipinski definition) is 2. The Bertz CT molecular complexity index is 804. The van der Waals surface area contributed by atoms with E-state index in [1.54, 1.807) is 12.1 Å². The van der Waals surface area contributed by atoms with Crippen molar-refractivity contribution in [1.29, 1.82) is 0 Å².